The van der Waals surface area contributed by atoms with Crippen LogP contribution in [0.4, 0.5) is 5.82 Å². The van der Waals surface area contributed by atoms with E-state index in [0.29, 0.717) is 24.8 Å². The number of carbonyl (C=O) groups is 1. The van der Waals surface area contributed by atoms with Crippen molar-refractivity contribution in [1.29, 1.82) is 0 Å². The summed E-state index contributed by atoms with van der Waals surface area (Å²) in [5, 5.41) is 0. The number of piperazine rings is 1. The average Bonchev–Trinajstić information content (AvgIpc) is 2.75. The molecule has 0 unspecified atom stereocenters. The molecule has 1 fully saturated rings. The Morgan fingerprint density at radius 3 is 2.37 bits per heavy atom. The average molecular weight is 514 g/mol. The Morgan fingerprint density at radius 1 is 0.967 bits per heavy atom. The van der Waals surface area contributed by atoms with Gasteiger partial charge in [-0.15, -0.1) is 0 Å². The zero-order valence-electron chi connectivity index (χ0n) is 17.0. The first-order valence-corrected chi connectivity index (χ1v) is 11.0. The van der Waals surface area contributed by atoms with E-state index in [9.17, 15) is 4.79 Å². The van der Waals surface area contributed by atoms with E-state index in [1.807, 2.05) is 73.3 Å². The molecule has 0 bridgehead atoms. The van der Waals surface area contributed by atoms with Gasteiger partial charge in [0.15, 0.2) is 0 Å². The van der Waals surface area contributed by atoms with E-state index in [-0.39, 0.29) is 5.91 Å². The maximum atomic E-state index is 12.9. The van der Waals surface area contributed by atoms with Gasteiger partial charge in [0.25, 0.3) is 5.91 Å². The van der Waals surface area contributed by atoms with Gasteiger partial charge in [-0.25, -0.2) is 4.98 Å². The third kappa shape index (κ3) is 4.72. The predicted octanol–water partition coefficient (Wildman–Crippen LogP) is 4.45. The molecule has 0 radical (unpaired) electrons. The number of amides is 1. The Bertz CT molecular complexity index is 1050. The van der Waals surface area contributed by atoms with Crippen LogP contribution < -0.4 is 9.64 Å². The molecule has 0 spiro atoms. The van der Waals surface area contributed by atoms with Crippen molar-refractivity contribution in [2.75, 3.05) is 31.1 Å². The molecule has 30 heavy (non-hydrogen) atoms. The molecule has 1 aliphatic heterocycles. The number of benzene rings is 2. The first-order chi connectivity index (χ1) is 14.5. The predicted molar refractivity (Wildman–Crippen MR) is 125 cm³/mol. The minimum atomic E-state index is 0.0851. The zero-order chi connectivity index (χ0) is 21.1. The highest BCUT2D eigenvalue weighted by atomic mass is 127. The Hall–Kier alpha value is -2.68. The SMILES string of the molecule is Cc1ccc(Oc2cc(N3CCN(C(=O)c4ccccc4I)CC3)nc(C)n2)cc1. The summed E-state index contributed by atoms with van der Waals surface area (Å²) in [6.07, 6.45) is 0. The summed E-state index contributed by atoms with van der Waals surface area (Å²) in [4.78, 5) is 25.9. The third-order valence-electron chi connectivity index (χ3n) is 5.04. The highest BCUT2D eigenvalue weighted by Gasteiger charge is 2.24. The molecule has 0 aliphatic carbocycles. The highest BCUT2D eigenvalue weighted by Crippen LogP contribution is 2.25. The van der Waals surface area contributed by atoms with Crippen LogP contribution in [0.5, 0.6) is 11.6 Å². The van der Waals surface area contributed by atoms with E-state index in [1.54, 1.807) is 0 Å². The van der Waals surface area contributed by atoms with E-state index in [4.69, 9.17) is 4.74 Å². The fourth-order valence-corrected chi connectivity index (χ4v) is 4.03. The molecule has 1 aromatic heterocycles. The summed E-state index contributed by atoms with van der Waals surface area (Å²) in [5.41, 5.74) is 1.94. The van der Waals surface area contributed by atoms with Crippen LogP contribution in [0.15, 0.2) is 54.6 Å². The van der Waals surface area contributed by atoms with Crippen molar-refractivity contribution in [2.24, 2.45) is 0 Å². The molecular weight excluding hydrogens is 491 g/mol. The molecular formula is C23H23IN4O2. The van der Waals surface area contributed by atoms with Gasteiger partial charge in [-0.3, -0.25) is 4.79 Å². The van der Waals surface area contributed by atoms with Crippen molar-refractivity contribution in [1.82, 2.24) is 14.9 Å². The molecule has 1 saturated heterocycles. The Morgan fingerprint density at radius 2 is 1.67 bits per heavy atom. The van der Waals surface area contributed by atoms with Gasteiger partial charge in [0, 0.05) is 35.8 Å². The monoisotopic (exact) mass is 514 g/mol. The van der Waals surface area contributed by atoms with Crippen LogP contribution in [0.2, 0.25) is 0 Å². The van der Waals surface area contributed by atoms with Gasteiger partial charge in [0.05, 0.1) is 5.56 Å². The summed E-state index contributed by atoms with van der Waals surface area (Å²) in [6, 6.07) is 17.5. The maximum Gasteiger partial charge on any atom is 0.255 e. The summed E-state index contributed by atoms with van der Waals surface area (Å²) in [5.74, 6) is 2.84. The third-order valence-corrected chi connectivity index (χ3v) is 5.98. The highest BCUT2D eigenvalue weighted by molar-refractivity contribution is 14.1. The molecule has 0 atom stereocenters. The molecule has 4 rings (SSSR count). The van der Waals surface area contributed by atoms with E-state index >= 15 is 0 Å². The van der Waals surface area contributed by atoms with Crippen LogP contribution in [0, 0.1) is 17.4 Å². The summed E-state index contributed by atoms with van der Waals surface area (Å²) in [6.45, 7) is 6.65. The second-order valence-electron chi connectivity index (χ2n) is 7.29. The van der Waals surface area contributed by atoms with E-state index in [1.165, 1.54) is 5.56 Å². The number of anilines is 1. The van der Waals surface area contributed by atoms with Gasteiger partial charge >= 0.3 is 0 Å². The molecule has 6 nitrogen and oxygen atoms in total. The number of rotatable bonds is 4. The molecule has 154 valence electrons. The lowest BCUT2D eigenvalue weighted by Crippen LogP contribution is -2.49. The second-order valence-corrected chi connectivity index (χ2v) is 8.45. The van der Waals surface area contributed by atoms with Crippen LogP contribution in [-0.4, -0.2) is 47.0 Å². The van der Waals surface area contributed by atoms with Crippen molar-refractivity contribution in [2.45, 2.75) is 13.8 Å². The molecule has 2 heterocycles. The van der Waals surface area contributed by atoms with Crippen LogP contribution >= 0.6 is 22.6 Å². The van der Waals surface area contributed by atoms with Crippen LogP contribution in [0.25, 0.3) is 0 Å². The molecule has 3 aromatic rings. The van der Waals surface area contributed by atoms with Crippen LogP contribution in [0.1, 0.15) is 21.7 Å². The summed E-state index contributed by atoms with van der Waals surface area (Å²) >= 11 is 2.21. The second kappa shape index (κ2) is 8.99. The maximum absolute atomic E-state index is 12.9. The normalized spacial score (nSPS) is 14.0. The summed E-state index contributed by atoms with van der Waals surface area (Å²) < 4.78 is 6.91. The Labute approximate surface area is 190 Å². The minimum absolute atomic E-state index is 0.0851. The Kier molecular flexibility index (Phi) is 6.17. The van der Waals surface area contributed by atoms with Gasteiger partial charge in [-0.1, -0.05) is 29.8 Å². The van der Waals surface area contributed by atoms with E-state index < -0.39 is 0 Å². The lowest BCUT2D eigenvalue weighted by atomic mass is 10.2. The molecule has 0 saturated carbocycles. The zero-order valence-corrected chi connectivity index (χ0v) is 19.2. The lowest BCUT2D eigenvalue weighted by molar-refractivity contribution is 0.0745. The van der Waals surface area contributed by atoms with Crippen molar-refractivity contribution < 1.29 is 9.53 Å². The van der Waals surface area contributed by atoms with Gasteiger partial charge < -0.3 is 14.5 Å². The molecule has 1 aliphatic rings. The first-order valence-electron chi connectivity index (χ1n) is 9.88. The fraction of sp³-hybridized carbons (Fsp3) is 0.261. The number of aryl methyl sites for hydroxylation is 2. The van der Waals surface area contributed by atoms with Crippen molar-refractivity contribution in [3.8, 4) is 11.6 Å². The molecule has 2 aromatic carbocycles. The molecule has 1 amide bonds. The number of aromatic nitrogens is 2. The van der Waals surface area contributed by atoms with Crippen molar-refractivity contribution >= 4 is 34.3 Å². The number of hydrogen-bond acceptors (Lipinski definition) is 5. The molecule has 7 heteroatoms. The van der Waals surface area contributed by atoms with Gasteiger partial charge in [0.2, 0.25) is 5.88 Å². The van der Waals surface area contributed by atoms with Crippen molar-refractivity contribution in [3.05, 3.63) is 75.1 Å². The fourth-order valence-electron chi connectivity index (χ4n) is 3.41. The lowest BCUT2D eigenvalue weighted by Gasteiger charge is -2.35. The van der Waals surface area contributed by atoms with Crippen LogP contribution in [0.3, 0.4) is 0 Å². The number of carbonyl (C=O) groups excluding carboxylic acids is 1. The topological polar surface area (TPSA) is 58.6 Å². The first kappa shape index (κ1) is 20.6. The number of ether oxygens (including phenoxy) is 1. The van der Waals surface area contributed by atoms with E-state index in [2.05, 4.69) is 37.5 Å². The largest absolute Gasteiger partial charge is 0.439 e. The van der Waals surface area contributed by atoms with E-state index in [0.717, 1.165) is 33.8 Å². The molecule has 0 N–H and O–H groups in total. The van der Waals surface area contributed by atoms with Gasteiger partial charge in [-0.2, -0.15) is 4.98 Å². The van der Waals surface area contributed by atoms with Gasteiger partial charge in [0.1, 0.15) is 17.4 Å². The Balaban J connectivity index is 1.44. The number of halogens is 1. The standard InChI is InChI=1S/C23H23IN4O2/c1-16-7-9-18(10-8-16)30-22-15-21(25-17(2)26-22)27-11-13-28(14-12-27)23(29)19-5-3-4-6-20(19)24/h3-10,15H,11-14H2,1-2H3. The quantitative estimate of drug-likeness (QED) is 0.482. The number of hydrogen-bond donors (Lipinski definition) is 0. The van der Waals surface area contributed by atoms with Gasteiger partial charge in [-0.05, 0) is 60.7 Å². The summed E-state index contributed by atoms with van der Waals surface area (Å²) in [7, 11) is 0. The van der Waals surface area contributed by atoms with Crippen molar-refractivity contribution in [3.63, 3.8) is 0 Å². The number of nitrogens with zero attached hydrogens (tertiary/aromatic N) is 4. The smallest absolute Gasteiger partial charge is 0.255 e. The minimum Gasteiger partial charge on any atom is -0.439 e. The van der Waals surface area contributed by atoms with Crippen LogP contribution in [-0.2, 0) is 0 Å².